The van der Waals surface area contributed by atoms with Crippen LogP contribution in [0.15, 0.2) is 24.3 Å². The lowest BCUT2D eigenvalue weighted by molar-refractivity contribution is 0.0651. The van der Waals surface area contributed by atoms with Gasteiger partial charge in [-0.3, -0.25) is 0 Å². The molecule has 0 aliphatic carbocycles. The highest BCUT2D eigenvalue weighted by atomic mass is 16.4. The van der Waals surface area contributed by atoms with Crippen LogP contribution in [0.1, 0.15) is 20.7 Å². The molecule has 0 atom stereocenters. The molecule has 6 heteroatoms. The molecular formula is C8H10O6. The molecule has 0 saturated heterocycles. The summed E-state index contributed by atoms with van der Waals surface area (Å²) in [6, 6.07) is 5.48. The zero-order valence-corrected chi connectivity index (χ0v) is 7.02. The summed E-state index contributed by atoms with van der Waals surface area (Å²) in [4.78, 5) is 20.9. The highest BCUT2D eigenvalue weighted by molar-refractivity contribution is 6.01. The Bertz CT molecular complexity index is 299. The highest BCUT2D eigenvalue weighted by Gasteiger charge is 2.13. The molecule has 0 amide bonds. The maximum absolute atomic E-state index is 10.5. The molecule has 0 radical (unpaired) electrons. The van der Waals surface area contributed by atoms with Crippen LogP contribution in [0.25, 0.3) is 0 Å². The third-order valence-corrected chi connectivity index (χ3v) is 1.39. The van der Waals surface area contributed by atoms with E-state index in [1.165, 1.54) is 24.3 Å². The van der Waals surface area contributed by atoms with Gasteiger partial charge in [-0.05, 0) is 12.1 Å². The van der Waals surface area contributed by atoms with Crippen molar-refractivity contribution in [1.82, 2.24) is 0 Å². The summed E-state index contributed by atoms with van der Waals surface area (Å²) in [5.41, 5.74) is -0.380. The van der Waals surface area contributed by atoms with Crippen LogP contribution < -0.4 is 0 Å². The number of aromatic carboxylic acids is 2. The third kappa shape index (κ3) is 2.85. The van der Waals surface area contributed by atoms with Crippen LogP contribution >= 0.6 is 0 Å². The van der Waals surface area contributed by atoms with Crippen LogP contribution in [0.5, 0.6) is 0 Å². The molecule has 0 saturated carbocycles. The number of carboxylic acids is 2. The molecule has 1 aromatic carbocycles. The fraction of sp³-hybridized carbons (Fsp3) is 0. The van der Waals surface area contributed by atoms with Crippen molar-refractivity contribution in [2.45, 2.75) is 0 Å². The predicted octanol–water partition coefficient (Wildman–Crippen LogP) is -0.566. The van der Waals surface area contributed by atoms with Gasteiger partial charge in [0.05, 0.1) is 11.1 Å². The van der Waals surface area contributed by atoms with Crippen LogP contribution in [0, 0.1) is 0 Å². The van der Waals surface area contributed by atoms with E-state index in [1.54, 1.807) is 0 Å². The molecule has 0 aromatic heterocycles. The third-order valence-electron chi connectivity index (χ3n) is 1.39. The highest BCUT2D eigenvalue weighted by Crippen LogP contribution is 2.07. The molecule has 0 aliphatic rings. The summed E-state index contributed by atoms with van der Waals surface area (Å²) in [5.74, 6) is -2.46. The van der Waals surface area contributed by atoms with E-state index in [0.717, 1.165) is 0 Å². The summed E-state index contributed by atoms with van der Waals surface area (Å²) in [5, 5.41) is 17.1. The molecule has 6 N–H and O–H groups in total. The number of hydrogen-bond acceptors (Lipinski definition) is 2. The minimum Gasteiger partial charge on any atom is -0.478 e. The van der Waals surface area contributed by atoms with E-state index in [1.807, 2.05) is 0 Å². The average molecular weight is 202 g/mol. The monoisotopic (exact) mass is 202 g/mol. The lowest BCUT2D eigenvalue weighted by Gasteiger charge is -1.98. The minimum absolute atomic E-state index is 0. The van der Waals surface area contributed by atoms with Gasteiger partial charge in [-0.2, -0.15) is 0 Å². The molecule has 0 fully saturated rings. The molecule has 0 bridgehead atoms. The van der Waals surface area contributed by atoms with Crippen LogP contribution in [0.4, 0.5) is 0 Å². The van der Waals surface area contributed by atoms with Gasteiger partial charge >= 0.3 is 11.9 Å². The van der Waals surface area contributed by atoms with Crippen molar-refractivity contribution < 1.29 is 30.8 Å². The van der Waals surface area contributed by atoms with Crippen LogP contribution in [0.2, 0.25) is 0 Å². The lowest BCUT2D eigenvalue weighted by atomic mass is 10.1. The predicted molar refractivity (Wildman–Crippen MR) is 47.6 cm³/mol. The maximum Gasteiger partial charge on any atom is 0.336 e. The quantitative estimate of drug-likeness (QED) is 0.663. The van der Waals surface area contributed by atoms with Gasteiger partial charge in [0.15, 0.2) is 0 Å². The van der Waals surface area contributed by atoms with Gasteiger partial charge in [0.1, 0.15) is 0 Å². The summed E-state index contributed by atoms with van der Waals surface area (Å²) in [7, 11) is 0. The molecule has 0 aliphatic heterocycles. The van der Waals surface area contributed by atoms with E-state index in [2.05, 4.69) is 0 Å². The molecule has 0 unspecified atom stereocenters. The van der Waals surface area contributed by atoms with E-state index >= 15 is 0 Å². The zero-order valence-electron chi connectivity index (χ0n) is 7.02. The standard InChI is InChI=1S/C8H6O4.2H2O/c9-7(10)5-3-1-2-4-6(5)8(11)12;;/h1-4H,(H,9,10)(H,11,12);2*1H2. The molecule has 1 rings (SSSR count). The Balaban J connectivity index is 0. The Morgan fingerprint density at radius 1 is 0.857 bits per heavy atom. The van der Waals surface area contributed by atoms with Gasteiger partial charge in [-0.1, -0.05) is 12.1 Å². The van der Waals surface area contributed by atoms with E-state index < -0.39 is 11.9 Å². The van der Waals surface area contributed by atoms with Crippen molar-refractivity contribution in [3.05, 3.63) is 35.4 Å². The van der Waals surface area contributed by atoms with E-state index in [4.69, 9.17) is 10.2 Å². The smallest absolute Gasteiger partial charge is 0.336 e. The average Bonchev–Trinajstić information content (AvgIpc) is 2.04. The first-order valence-electron chi connectivity index (χ1n) is 3.18. The van der Waals surface area contributed by atoms with Gasteiger partial charge in [0.2, 0.25) is 0 Å². The first kappa shape index (κ1) is 14.6. The van der Waals surface area contributed by atoms with Crippen molar-refractivity contribution in [1.29, 1.82) is 0 Å². The molecule has 1 aromatic rings. The molecule has 0 heterocycles. The fourth-order valence-electron chi connectivity index (χ4n) is 0.856. The van der Waals surface area contributed by atoms with E-state index in [-0.39, 0.29) is 22.1 Å². The molecule has 78 valence electrons. The molecule has 0 spiro atoms. The number of carbonyl (C=O) groups is 2. The van der Waals surface area contributed by atoms with Crippen molar-refractivity contribution in [2.24, 2.45) is 0 Å². The number of rotatable bonds is 2. The summed E-state index contributed by atoms with van der Waals surface area (Å²) < 4.78 is 0. The Hall–Kier alpha value is -1.92. The SMILES string of the molecule is O.O.O=C(O)c1ccccc1C(=O)O. The summed E-state index contributed by atoms with van der Waals surface area (Å²) >= 11 is 0. The van der Waals surface area contributed by atoms with E-state index in [9.17, 15) is 9.59 Å². The summed E-state index contributed by atoms with van der Waals surface area (Å²) in [6.45, 7) is 0. The van der Waals surface area contributed by atoms with Gasteiger partial charge in [0, 0.05) is 0 Å². The van der Waals surface area contributed by atoms with Gasteiger partial charge < -0.3 is 21.2 Å². The Labute approximate surface area is 79.0 Å². The van der Waals surface area contributed by atoms with Crippen molar-refractivity contribution in [2.75, 3.05) is 0 Å². The molecule has 14 heavy (non-hydrogen) atoms. The number of hydrogen-bond donors (Lipinski definition) is 2. The number of benzene rings is 1. The van der Waals surface area contributed by atoms with Gasteiger partial charge in [0.25, 0.3) is 0 Å². The van der Waals surface area contributed by atoms with Crippen molar-refractivity contribution in [3.8, 4) is 0 Å². The van der Waals surface area contributed by atoms with Crippen molar-refractivity contribution >= 4 is 11.9 Å². The second kappa shape index (κ2) is 5.68. The summed E-state index contributed by atoms with van der Waals surface area (Å²) in [6.07, 6.45) is 0. The lowest BCUT2D eigenvalue weighted by Crippen LogP contribution is -2.06. The van der Waals surface area contributed by atoms with Crippen molar-refractivity contribution in [3.63, 3.8) is 0 Å². The van der Waals surface area contributed by atoms with Crippen LogP contribution in [-0.4, -0.2) is 33.1 Å². The zero-order chi connectivity index (χ0) is 9.14. The Morgan fingerprint density at radius 2 is 1.14 bits per heavy atom. The Morgan fingerprint density at radius 3 is 1.36 bits per heavy atom. The largest absolute Gasteiger partial charge is 0.478 e. The molecular weight excluding hydrogens is 192 g/mol. The first-order chi connectivity index (χ1) is 5.63. The normalized spacial score (nSPS) is 8.00. The van der Waals surface area contributed by atoms with Gasteiger partial charge in [-0.15, -0.1) is 0 Å². The van der Waals surface area contributed by atoms with E-state index in [0.29, 0.717) is 0 Å². The second-order valence-corrected chi connectivity index (χ2v) is 2.16. The fourth-order valence-corrected chi connectivity index (χ4v) is 0.856. The second-order valence-electron chi connectivity index (χ2n) is 2.16. The first-order valence-corrected chi connectivity index (χ1v) is 3.18. The molecule has 6 nitrogen and oxygen atoms in total. The Kier molecular flexibility index (Phi) is 5.92. The van der Waals surface area contributed by atoms with Gasteiger partial charge in [-0.25, -0.2) is 9.59 Å². The minimum atomic E-state index is -1.23. The van der Waals surface area contributed by atoms with Crippen LogP contribution in [0.3, 0.4) is 0 Å². The maximum atomic E-state index is 10.5. The topological polar surface area (TPSA) is 138 Å². The number of carboxylic acid groups (broad SMARTS) is 2. The van der Waals surface area contributed by atoms with Crippen LogP contribution in [-0.2, 0) is 0 Å².